The molecule has 0 saturated carbocycles. The average molecular weight is 435 g/mol. The summed E-state index contributed by atoms with van der Waals surface area (Å²) in [5.74, 6) is 1.65. The summed E-state index contributed by atoms with van der Waals surface area (Å²) in [5, 5.41) is 4.88. The molecule has 0 spiro atoms. The van der Waals surface area contributed by atoms with Crippen molar-refractivity contribution < 1.29 is 9.47 Å². The quantitative estimate of drug-likeness (QED) is 0.630. The van der Waals surface area contributed by atoms with Gasteiger partial charge in [0.2, 0.25) is 5.95 Å². The third-order valence-corrected chi connectivity index (χ3v) is 5.57. The molecule has 1 aliphatic heterocycles. The lowest BCUT2D eigenvalue weighted by Gasteiger charge is -2.37. The first-order valence-corrected chi connectivity index (χ1v) is 9.65. The van der Waals surface area contributed by atoms with Crippen molar-refractivity contribution in [2.75, 3.05) is 45.4 Å². The minimum Gasteiger partial charge on any atom is -0.495 e. The predicted octanol–water partition coefficient (Wildman–Crippen LogP) is 3.32. The van der Waals surface area contributed by atoms with Gasteiger partial charge in [-0.3, -0.25) is 0 Å². The summed E-state index contributed by atoms with van der Waals surface area (Å²) in [7, 11) is 5.12. The van der Waals surface area contributed by atoms with E-state index in [9.17, 15) is 0 Å². The topological polar surface area (TPSA) is 98.4 Å². The molecule has 29 heavy (non-hydrogen) atoms. The zero-order chi connectivity index (χ0) is 20.7. The van der Waals surface area contributed by atoms with Crippen LogP contribution < -0.4 is 20.5 Å². The van der Waals surface area contributed by atoms with E-state index in [0.29, 0.717) is 44.1 Å². The minimum absolute atomic E-state index is 0.181. The Balaban J connectivity index is 1.92. The van der Waals surface area contributed by atoms with Gasteiger partial charge in [0, 0.05) is 36.3 Å². The van der Waals surface area contributed by atoms with E-state index < -0.39 is 0 Å². The fourth-order valence-corrected chi connectivity index (χ4v) is 4.07. The van der Waals surface area contributed by atoms with Crippen LogP contribution in [-0.4, -0.2) is 60.3 Å². The Labute approximate surface area is 177 Å². The number of aromatic nitrogens is 3. The third kappa shape index (κ3) is 3.59. The van der Waals surface area contributed by atoms with Crippen molar-refractivity contribution in [3.8, 4) is 22.8 Å². The van der Waals surface area contributed by atoms with Gasteiger partial charge in [-0.25, -0.2) is 15.0 Å². The van der Waals surface area contributed by atoms with Gasteiger partial charge in [0.15, 0.2) is 5.82 Å². The zero-order valence-corrected chi connectivity index (χ0v) is 17.7. The van der Waals surface area contributed by atoms with Gasteiger partial charge in [-0.2, -0.15) is 0 Å². The lowest BCUT2D eigenvalue weighted by atomic mass is 10.1. The Morgan fingerprint density at radius 3 is 2.34 bits per heavy atom. The molecule has 3 heterocycles. The zero-order valence-electron chi connectivity index (χ0n) is 16.2. The first-order valence-electron chi connectivity index (χ1n) is 8.90. The van der Waals surface area contributed by atoms with Crippen molar-refractivity contribution in [3.05, 3.63) is 28.4 Å². The highest BCUT2D eigenvalue weighted by molar-refractivity contribution is 6.41. The van der Waals surface area contributed by atoms with E-state index in [4.69, 9.17) is 43.4 Å². The Morgan fingerprint density at radius 1 is 1.10 bits per heavy atom. The number of nitrogens with zero attached hydrogens (tertiary/aromatic N) is 4. The predicted molar refractivity (Wildman–Crippen MR) is 115 cm³/mol. The molecular weight excluding hydrogens is 415 g/mol. The molecule has 3 aromatic rings. The van der Waals surface area contributed by atoms with E-state index in [2.05, 4.69) is 27.2 Å². The number of nitrogens with two attached hydrogens (primary N) is 1. The number of hydrogen-bond acceptors (Lipinski definition) is 8. The molecule has 8 nitrogen and oxygen atoms in total. The maximum atomic E-state index is 6.59. The number of rotatable bonds is 5. The minimum atomic E-state index is 0.181. The lowest BCUT2D eigenvalue weighted by molar-refractivity contribution is 0.205. The van der Waals surface area contributed by atoms with Crippen molar-refractivity contribution in [2.24, 2.45) is 0 Å². The molecule has 2 aromatic heterocycles. The average Bonchev–Trinajstić information content (AvgIpc) is 2.67. The van der Waals surface area contributed by atoms with E-state index >= 15 is 0 Å². The highest BCUT2D eigenvalue weighted by Gasteiger charge is 2.26. The fourth-order valence-electron chi connectivity index (χ4n) is 3.38. The van der Waals surface area contributed by atoms with Crippen molar-refractivity contribution in [3.63, 3.8) is 0 Å². The summed E-state index contributed by atoms with van der Waals surface area (Å²) in [6.45, 7) is 1.81. The van der Waals surface area contributed by atoms with E-state index in [-0.39, 0.29) is 12.0 Å². The summed E-state index contributed by atoms with van der Waals surface area (Å²) in [6, 6.07) is 3.72. The van der Waals surface area contributed by atoms with Crippen LogP contribution in [0, 0.1) is 0 Å². The summed E-state index contributed by atoms with van der Waals surface area (Å²) in [4.78, 5) is 15.5. The first-order chi connectivity index (χ1) is 13.9. The molecule has 152 valence electrons. The molecule has 10 heteroatoms. The van der Waals surface area contributed by atoms with Crippen LogP contribution in [0.1, 0.15) is 0 Å². The number of methoxy groups -OCH3 is 2. The normalized spacial score (nSPS) is 14.7. The second kappa shape index (κ2) is 7.70. The van der Waals surface area contributed by atoms with Gasteiger partial charge in [0.1, 0.15) is 17.0 Å². The molecule has 3 N–H and O–H groups in total. The fraction of sp³-hybridized carbons (Fsp3) is 0.316. The van der Waals surface area contributed by atoms with Crippen LogP contribution in [0.25, 0.3) is 22.2 Å². The van der Waals surface area contributed by atoms with Crippen molar-refractivity contribution in [1.82, 2.24) is 19.9 Å². The van der Waals surface area contributed by atoms with Crippen LogP contribution in [0.2, 0.25) is 10.0 Å². The SMILES string of the molecule is COc1cc(OC)c(Cl)c(-c2cc3cnc(N)nc3c(NC3CN(C)C3)n2)c1Cl. The number of nitrogens with one attached hydrogen (secondary N) is 1. The molecule has 0 aliphatic carbocycles. The molecule has 4 rings (SSSR count). The first kappa shape index (κ1) is 19.8. The van der Waals surface area contributed by atoms with Crippen molar-refractivity contribution in [2.45, 2.75) is 6.04 Å². The molecule has 1 aliphatic rings. The smallest absolute Gasteiger partial charge is 0.220 e. The maximum absolute atomic E-state index is 6.59. The van der Waals surface area contributed by atoms with Gasteiger partial charge in [-0.15, -0.1) is 0 Å². The van der Waals surface area contributed by atoms with Gasteiger partial charge < -0.3 is 25.4 Å². The van der Waals surface area contributed by atoms with Gasteiger partial charge in [0.25, 0.3) is 0 Å². The summed E-state index contributed by atoms with van der Waals surface area (Å²) in [6.07, 6.45) is 1.65. The number of hydrogen-bond donors (Lipinski definition) is 2. The van der Waals surface area contributed by atoms with Crippen molar-refractivity contribution in [1.29, 1.82) is 0 Å². The molecule has 0 amide bonds. The number of ether oxygens (including phenoxy) is 2. The Morgan fingerprint density at radius 2 is 1.76 bits per heavy atom. The highest BCUT2D eigenvalue weighted by atomic mass is 35.5. The lowest BCUT2D eigenvalue weighted by Crippen LogP contribution is -2.52. The van der Waals surface area contributed by atoms with E-state index in [1.807, 2.05) is 6.07 Å². The number of nitrogen functional groups attached to an aromatic ring is 1. The number of likely N-dealkylation sites (tertiary alicyclic amines) is 1. The standard InChI is InChI=1S/C19H20Cl2N6O2/c1-27-7-10(8-27)24-18-17-9(6-23-19(22)26-17)4-11(25-18)14-15(20)12(28-2)5-13(29-3)16(14)21/h4-6,10H,7-8H2,1-3H3,(H,24,25)(H2,22,23,26). The Kier molecular flexibility index (Phi) is 5.24. The van der Waals surface area contributed by atoms with Crippen LogP contribution in [-0.2, 0) is 0 Å². The number of anilines is 2. The van der Waals surface area contributed by atoms with Crippen LogP contribution >= 0.6 is 23.2 Å². The van der Waals surface area contributed by atoms with Crippen LogP contribution in [0.15, 0.2) is 18.3 Å². The second-order valence-electron chi connectivity index (χ2n) is 6.87. The summed E-state index contributed by atoms with van der Waals surface area (Å²) < 4.78 is 10.8. The molecule has 1 saturated heterocycles. The van der Waals surface area contributed by atoms with Crippen LogP contribution in [0.5, 0.6) is 11.5 Å². The van der Waals surface area contributed by atoms with Gasteiger partial charge >= 0.3 is 0 Å². The number of pyridine rings is 1. The van der Waals surface area contributed by atoms with E-state index in [1.54, 1.807) is 12.3 Å². The molecule has 1 fully saturated rings. The number of benzene rings is 1. The monoisotopic (exact) mass is 434 g/mol. The summed E-state index contributed by atoms with van der Waals surface area (Å²) >= 11 is 13.2. The van der Waals surface area contributed by atoms with E-state index in [1.165, 1.54) is 14.2 Å². The molecule has 0 bridgehead atoms. The number of fused-ring (bicyclic) bond motifs is 1. The van der Waals surface area contributed by atoms with Crippen LogP contribution in [0.4, 0.5) is 11.8 Å². The largest absolute Gasteiger partial charge is 0.495 e. The van der Waals surface area contributed by atoms with Gasteiger partial charge in [-0.05, 0) is 13.1 Å². The van der Waals surface area contributed by atoms with Gasteiger partial charge in [0.05, 0.1) is 36.0 Å². The number of likely N-dealkylation sites (N-methyl/N-ethyl adjacent to an activating group) is 1. The van der Waals surface area contributed by atoms with Crippen LogP contribution in [0.3, 0.4) is 0 Å². The van der Waals surface area contributed by atoms with Gasteiger partial charge in [-0.1, -0.05) is 23.2 Å². The third-order valence-electron chi connectivity index (χ3n) is 4.82. The molecule has 0 radical (unpaired) electrons. The maximum Gasteiger partial charge on any atom is 0.220 e. The second-order valence-corrected chi connectivity index (χ2v) is 7.62. The van der Waals surface area contributed by atoms with E-state index in [0.717, 1.165) is 18.5 Å². The molecule has 0 unspecified atom stereocenters. The highest BCUT2D eigenvalue weighted by Crippen LogP contribution is 2.46. The number of halogens is 2. The Hall–Kier alpha value is -2.55. The molecule has 1 aromatic carbocycles. The molecule has 0 atom stereocenters. The summed E-state index contributed by atoms with van der Waals surface area (Å²) in [5.41, 5.74) is 7.50. The Bertz CT molecular complexity index is 1060. The van der Waals surface area contributed by atoms with Crippen molar-refractivity contribution >= 4 is 45.9 Å². The molecular formula is C19H20Cl2N6O2.